The van der Waals surface area contributed by atoms with Crippen molar-refractivity contribution in [3.8, 4) is 0 Å². The molecule has 0 amide bonds. The van der Waals surface area contributed by atoms with Gasteiger partial charge in [0.1, 0.15) is 0 Å². The fourth-order valence-electron chi connectivity index (χ4n) is 3.26. The van der Waals surface area contributed by atoms with Crippen molar-refractivity contribution in [3.05, 3.63) is 0 Å². The molecule has 2 nitrogen and oxygen atoms in total. The van der Waals surface area contributed by atoms with E-state index in [0.717, 1.165) is 25.4 Å². The third-order valence-electron chi connectivity index (χ3n) is 4.34. The fraction of sp³-hybridized carbons (Fsp3) is 1.00. The molecule has 2 heteroatoms. The van der Waals surface area contributed by atoms with Crippen molar-refractivity contribution in [2.75, 3.05) is 6.54 Å². The molecule has 2 aliphatic rings. The Bertz CT molecular complexity index is 258. The number of nitrogens with zero attached hydrogens (tertiary/aromatic N) is 1. The fourth-order valence-corrected chi connectivity index (χ4v) is 3.26. The van der Waals surface area contributed by atoms with Crippen LogP contribution in [0.4, 0.5) is 0 Å². The molecule has 2 saturated carbocycles. The first-order valence-corrected chi connectivity index (χ1v) is 7.33. The van der Waals surface area contributed by atoms with Crippen LogP contribution < -0.4 is 0 Å². The lowest BCUT2D eigenvalue weighted by molar-refractivity contribution is -0.0248. The quantitative estimate of drug-likeness (QED) is 0.815. The monoisotopic (exact) mass is 239 g/mol. The Morgan fingerprint density at radius 1 is 1.24 bits per heavy atom. The molecule has 17 heavy (non-hydrogen) atoms. The van der Waals surface area contributed by atoms with Gasteiger partial charge in [0.05, 0.1) is 6.10 Å². The molecule has 0 spiro atoms. The summed E-state index contributed by atoms with van der Waals surface area (Å²) >= 11 is 0. The zero-order chi connectivity index (χ0) is 12.6. The van der Waals surface area contributed by atoms with Crippen molar-refractivity contribution < 1.29 is 5.11 Å². The van der Waals surface area contributed by atoms with E-state index in [1.165, 1.54) is 19.3 Å². The molecule has 0 aliphatic heterocycles. The summed E-state index contributed by atoms with van der Waals surface area (Å²) < 4.78 is 0. The van der Waals surface area contributed by atoms with Gasteiger partial charge in [0.2, 0.25) is 0 Å². The molecule has 0 bridgehead atoms. The van der Waals surface area contributed by atoms with Crippen LogP contribution in [0, 0.1) is 11.3 Å². The molecule has 1 N–H and O–H groups in total. The standard InChI is InChI=1S/C15H29NO/c1-11(2)10-16(12-5-6-12)13-9-15(3,4)8-7-14(13)17/h11-14,17H,5-10H2,1-4H3. The number of rotatable bonds is 4. The maximum absolute atomic E-state index is 10.3. The lowest BCUT2D eigenvalue weighted by atomic mass is 9.73. The molecular formula is C15H29NO. The summed E-state index contributed by atoms with van der Waals surface area (Å²) in [6, 6.07) is 1.18. The summed E-state index contributed by atoms with van der Waals surface area (Å²) in [5, 5.41) is 10.3. The minimum atomic E-state index is -0.0950. The van der Waals surface area contributed by atoms with E-state index in [9.17, 15) is 5.11 Å². The van der Waals surface area contributed by atoms with Crippen molar-refractivity contribution in [1.82, 2.24) is 4.90 Å². The molecule has 2 aliphatic carbocycles. The van der Waals surface area contributed by atoms with E-state index >= 15 is 0 Å². The number of hydrogen-bond acceptors (Lipinski definition) is 2. The van der Waals surface area contributed by atoms with Gasteiger partial charge in [0, 0.05) is 18.6 Å². The van der Waals surface area contributed by atoms with Gasteiger partial charge in [-0.05, 0) is 43.4 Å². The van der Waals surface area contributed by atoms with Gasteiger partial charge in [-0.25, -0.2) is 0 Å². The summed E-state index contributed by atoms with van der Waals surface area (Å²) in [5.74, 6) is 0.702. The molecule has 0 heterocycles. The van der Waals surface area contributed by atoms with Gasteiger partial charge < -0.3 is 5.11 Å². The molecule has 2 atom stereocenters. The second-order valence-corrected chi connectivity index (χ2v) is 7.36. The third kappa shape index (κ3) is 3.45. The lowest BCUT2D eigenvalue weighted by Crippen LogP contribution is -2.51. The maximum atomic E-state index is 10.3. The molecule has 2 fully saturated rings. The Morgan fingerprint density at radius 3 is 2.41 bits per heavy atom. The highest BCUT2D eigenvalue weighted by molar-refractivity contribution is 4.96. The second-order valence-electron chi connectivity index (χ2n) is 7.36. The van der Waals surface area contributed by atoms with E-state index < -0.39 is 0 Å². The summed E-state index contributed by atoms with van der Waals surface area (Å²) in [5.41, 5.74) is 0.411. The molecular weight excluding hydrogens is 210 g/mol. The average Bonchev–Trinajstić information content (AvgIpc) is 3.02. The van der Waals surface area contributed by atoms with Gasteiger partial charge in [-0.15, -0.1) is 0 Å². The number of hydrogen-bond donors (Lipinski definition) is 1. The van der Waals surface area contributed by atoms with Crippen LogP contribution in [0.1, 0.15) is 59.8 Å². The van der Waals surface area contributed by atoms with Gasteiger partial charge in [-0.2, -0.15) is 0 Å². The highest BCUT2D eigenvalue weighted by atomic mass is 16.3. The highest BCUT2D eigenvalue weighted by Gasteiger charge is 2.42. The van der Waals surface area contributed by atoms with Crippen molar-refractivity contribution in [1.29, 1.82) is 0 Å². The van der Waals surface area contributed by atoms with Gasteiger partial charge in [-0.3, -0.25) is 4.90 Å². The Labute approximate surface area is 106 Å². The Hall–Kier alpha value is -0.0800. The largest absolute Gasteiger partial charge is 0.391 e. The SMILES string of the molecule is CC(C)CN(C1CC1)C1CC(C)(C)CCC1O. The summed E-state index contributed by atoms with van der Waals surface area (Å²) in [4.78, 5) is 2.62. The van der Waals surface area contributed by atoms with Gasteiger partial charge >= 0.3 is 0 Å². The molecule has 0 saturated heterocycles. The van der Waals surface area contributed by atoms with Crippen molar-refractivity contribution in [2.45, 2.75) is 78.0 Å². The zero-order valence-corrected chi connectivity index (χ0v) is 11.9. The topological polar surface area (TPSA) is 23.5 Å². The van der Waals surface area contributed by atoms with E-state index in [0.29, 0.717) is 17.4 Å². The van der Waals surface area contributed by atoms with Crippen LogP contribution >= 0.6 is 0 Å². The summed E-state index contributed by atoms with van der Waals surface area (Å²) in [7, 11) is 0. The minimum absolute atomic E-state index is 0.0950. The zero-order valence-electron chi connectivity index (χ0n) is 11.9. The molecule has 2 unspecified atom stereocenters. The van der Waals surface area contributed by atoms with Crippen molar-refractivity contribution in [3.63, 3.8) is 0 Å². The van der Waals surface area contributed by atoms with Gasteiger partial charge in [-0.1, -0.05) is 27.7 Å². The highest BCUT2D eigenvalue weighted by Crippen LogP contribution is 2.41. The smallest absolute Gasteiger partial charge is 0.0695 e. The number of aliphatic hydroxyl groups excluding tert-OH is 1. The molecule has 0 aromatic carbocycles. The summed E-state index contributed by atoms with van der Waals surface area (Å²) in [6.45, 7) is 10.4. The first-order chi connectivity index (χ1) is 7.89. The van der Waals surface area contributed by atoms with Crippen LogP contribution in [-0.2, 0) is 0 Å². The molecule has 2 rings (SSSR count). The maximum Gasteiger partial charge on any atom is 0.0695 e. The first kappa shape index (κ1) is 13.4. The van der Waals surface area contributed by atoms with Crippen LogP contribution in [0.25, 0.3) is 0 Å². The van der Waals surface area contributed by atoms with Crippen LogP contribution in [0.3, 0.4) is 0 Å². The molecule has 100 valence electrons. The summed E-state index contributed by atoms with van der Waals surface area (Å²) in [6.07, 6.45) is 5.91. The normalized spacial score (nSPS) is 33.4. The average molecular weight is 239 g/mol. The van der Waals surface area contributed by atoms with E-state index in [1.807, 2.05) is 0 Å². The van der Waals surface area contributed by atoms with E-state index in [4.69, 9.17) is 0 Å². The molecule has 0 aromatic rings. The number of aliphatic hydroxyl groups is 1. The second kappa shape index (κ2) is 4.89. The molecule has 0 aromatic heterocycles. The predicted octanol–water partition coefficient (Wildman–Crippen LogP) is 3.05. The van der Waals surface area contributed by atoms with Gasteiger partial charge in [0.15, 0.2) is 0 Å². The predicted molar refractivity (Wildman–Crippen MR) is 72.0 cm³/mol. The van der Waals surface area contributed by atoms with Crippen LogP contribution in [0.15, 0.2) is 0 Å². The minimum Gasteiger partial charge on any atom is -0.391 e. The van der Waals surface area contributed by atoms with Gasteiger partial charge in [0.25, 0.3) is 0 Å². The van der Waals surface area contributed by atoms with E-state index in [-0.39, 0.29) is 6.10 Å². The Kier molecular flexibility index (Phi) is 3.84. The lowest BCUT2D eigenvalue weighted by Gasteiger charge is -2.45. The van der Waals surface area contributed by atoms with E-state index in [2.05, 4.69) is 32.6 Å². The van der Waals surface area contributed by atoms with Crippen LogP contribution in [0.5, 0.6) is 0 Å². The first-order valence-electron chi connectivity index (χ1n) is 7.33. The molecule has 0 radical (unpaired) electrons. The van der Waals surface area contributed by atoms with E-state index in [1.54, 1.807) is 0 Å². The van der Waals surface area contributed by atoms with Crippen LogP contribution in [-0.4, -0.2) is 34.7 Å². The van der Waals surface area contributed by atoms with Crippen LogP contribution in [0.2, 0.25) is 0 Å². The van der Waals surface area contributed by atoms with Crippen molar-refractivity contribution in [2.24, 2.45) is 11.3 Å². The Morgan fingerprint density at radius 2 is 1.88 bits per heavy atom. The van der Waals surface area contributed by atoms with Crippen molar-refractivity contribution >= 4 is 0 Å². The third-order valence-corrected chi connectivity index (χ3v) is 4.34. The Balaban J connectivity index is 2.05.